The van der Waals surface area contributed by atoms with Gasteiger partial charge < -0.3 is 19.7 Å². The van der Waals surface area contributed by atoms with E-state index < -0.39 is 5.97 Å². The third-order valence-electron chi connectivity index (χ3n) is 3.33. The van der Waals surface area contributed by atoms with E-state index in [1.54, 1.807) is 0 Å². The van der Waals surface area contributed by atoms with Gasteiger partial charge in [-0.3, -0.25) is 4.79 Å². The van der Waals surface area contributed by atoms with Crippen molar-refractivity contribution in [2.24, 2.45) is 0 Å². The first kappa shape index (κ1) is 19.9. The van der Waals surface area contributed by atoms with Crippen LogP contribution in [0.25, 0.3) is 0 Å². The standard InChI is InChI=1S/C16H30O5/c17-13-9-5-3-1-2-4-6-10-14-21-16(20)12-8-7-11-15(18)19/h17H,1-14H2,(H,18,19)/p-1. The minimum absolute atomic E-state index is 0.00554. The number of esters is 1. The summed E-state index contributed by atoms with van der Waals surface area (Å²) in [7, 11) is 0. The van der Waals surface area contributed by atoms with Gasteiger partial charge in [-0.1, -0.05) is 38.5 Å². The van der Waals surface area contributed by atoms with E-state index in [0.29, 0.717) is 26.1 Å². The van der Waals surface area contributed by atoms with Crippen LogP contribution >= 0.6 is 0 Å². The van der Waals surface area contributed by atoms with E-state index in [9.17, 15) is 14.7 Å². The lowest BCUT2D eigenvalue weighted by Crippen LogP contribution is -2.21. The van der Waals surface area contributed by atoms with Crippen molar-refractivity contribution in [3.05, 3.63) is 0 Å². The molecular weight excluding hydrogens is 272 g/mol. The number of hydrogen-bond donors (Lipinski definition) is 1. The second kappa shape index (κ2) is 15.3. The highest BCUT2D eigenvalue weighted by atomic mass is 16.5. The Hall–Kier alpha value is -1.10. The van der Waals surface area contributed by atoms with E-state index in [4.69, 9.17) is 9.84 Å². The van der Waals surface area contributed by atoms with Crippen molar-refractivity contribution in [3.63, 3.8) is 0 Å². The molecule has 0 radical (unpaired) electrons. The van der Waals surface area contributed by atoms with Crippen molar-refractivity contribution < 1.29 is 24.5 Å². The Labute approximate surface area is 127 Å². The fourth-order valence-electron chi connectivity index (χ4n) is 2.07. The van der Waals surface area contributed by atoms with Gasteiger partial charge in [0.15, 0.2) is 0 Å². The van der Waals surface area contributed by atoms with Gasteiger partial charge >= 0.3 is 5.97 Å². The third kappa shape index (κ3) is 16.8. The maximum atomic E-state index is 11.3. The maximum Gasteiger partial charge on any atom is 0.305 e. The molecule has 0 fully saturated rings. The van der Waals surface area contributed by atoms with E-state index in [-0.39, 0.29) is 18.8 Å². The SMILES string of the molecule is O=C([O-])CCCCC(=O)OCCCCCCCCCCO. The first-order valence-electron chi connectivity index (χ1n) is 8.13. The number of carboxylic acids is 1. The smallest absolute Gasteiger partial charge is 0.305 e. The molecule has 0 saturated carbocycles. The molecule has 0 aromatic heterocycles. The Morgan fingerprint density at radius 3 is 1.86 bits per heavy atom. The van der Waals surface area contributed by atoms with Gasteiger partial charge in [-0.05, 0) is 32.1 Å². The van der Waals surface area contributed by atoms with E-state index in [2.05, 4.69) is 0 Å². The average Bonchev–Trinajstić information content (AvgIpc) is 2.45. The minimum Gasteiger partial charge on any atom is -0.550 e. The maximum absolute atomic E-state index is 11.3. The number of aliphatic hydroxyl groups excluding tert-OH is 1. The van der Waals surface area contributed by atoms with Crippen LogP contribution in [0.2, 0.25) is 0 Å². The minimum atomic E-state index is -1.07. The third-order valence-corrected chi connectivity index (χ3v) is 3.33. The summed E-state index contributed by atoms with van der Waals surface area (Å²) in [6.07, 6.45) is 10.0. The van der Waals surface area contributed by atoms with Crippen molar-refractivity contribution in [1.82, 2.24) is 0 Å². The first-order valence-corrected chi connectivity index (χ1v) is 8.13. The lowest BCUT2D eigenvalue weighted by molar-refractivity contribution is -0.305. The lowest BCUT2D eigenvalue weighted by atomic mass is 10.1. The highest BCUT2D eigenvalue weighted by Gasteiger charge is 2.02. The van der Waals surface area contributed by atoms with Gasteiger partial charge in [0.2, 0.25) is 0 Å². The summed E-state index contributed by atoms with van der Waals surface area (Å²) >= 11 is 0. The molecule has 5 nitrogen and oxygen atoms in total. The number of carboxylic acid groups (broad SMARTS) is 1. The number of carbonyl (C=O) groups is 2. The van der Waals surface area contributed by atoms with Crippen LogP contribution in [0, 0.1) is 0 Å². The number of aliphatic hydroxyl groups is 1. The summed E-state index contributed by atoms with van der Waals surface area (Å²) in [5.74, 6) is -1.31. The Morgan fingerprint density at radius 1 is 0.762 bits per heavy atom. The fourth-order valence-corrected chi connectivity index (χ4v) is 2.07. The predicted molar refractivity (Wildman–Crippen MR) is 78.5 cm³/mol. The molecule has 0 heterocycles. The van der Waals surface area contributed by atoms with Gasteiger partial charge in [-0.2, -0.15) is 0 Å². The van der Waals surface area contributed by atoms with E-state index >= 15 is 0 Å². The molecule has 0 aliphatic rings. The molecule has 1 N–H and O–H groups in total. The molecule has 0 aromatic carbocycles. The molecule has 0 unspecified atom stereocenters. The van der Waals surface area contributed by atoms with Crippen LogP contribution in [0.4, 0.5) is 0 Å². The van der Waals surface area contributed by atoms with Gasteiger partial charge in [0, 0.05) is 19.0 Å². The molecule has 0 aliphatic heterocycles. The molecule has 0 rings (SSSR count). The van der Waals surface area contributed by atoms with Crippen molar-refractivity contribution in [2.75, 3.05) is 13.2 Å². The Morgan fingerprint density at radius 2 is 1.29 bits per heavy atom. The summed E-state index contributed by atoms with van der Waals surface area (Å²) in [6, 6.07) is 0. The molecule has 124 valence electrons. The average molecular weight is 301 g/mol. The van der Waals surface area contributed by atoms with Crippen molar-refractivity contribution >= 4 is 11.9 Å². The number of aliphatic carboxylic acids is 1. The molecule has 0 amide bonds. The Kier molecular flexibility index (Phi) is 14.5. The predicted octanol–water partition coefficient (Wildman–Crippen LogP) is 1.95. The van der Waals surface area contributed by atoms with Crippen LogP contribution in [0.1, 0.15) is 77.0 Å². The summed E-state index contributed by atoms with van der Waals surface area (Å²) in [4.78, 5) is 21.5. The van der Waals surface area contributed by atoms with Crippen LogP contribution in [0.5, 0.6) is 0 Å². The lowest BCUT2D eigenvalue weighted by Gasteiger charge is -2.05. The molecule has 5 heteroatoms. The van der Waals surface area contributed by atoms with Crippen molar-refractivity contribution in [2.45, 2.75) is 77.0 Å². The topological polar surface area (TPSA) is 86.7 Å². The van der Waals surface area contributed by atoms with Gasteiger partial charge in [0.25, 0.3) is 0 Å². The Balaban J connectivity index is 3.16. The number of ether oxygens (including phenoxy) is 1. The molecule has 0 saturated heterocycles. The Bertz CT molecular complexity index is 265. The normalized spacial score (nSPS) is 10.5. The molecule has 0 aromatic rings. The zero-order valence-corrected chi connectivity index (χ0v) is 13.0. The summed E-state index contributed by atoms with van der Waals surface area (Å²) in [6.45, 7) is 0.752. The molecule has 0 bridgehead atoms. The molecule has 0 aliphatic carbocycles. The van der Waals surface area contributed by atoms with Gasteiger partial charge in [-0.25, -0.2) is 0 Å². The van der Waals surface area contributed by atoms with Crippen molar-refractivity contribution in [3.8, 4) is 0 Å². The molecular formula is C16H29O5-. The van der Waals surface area contributed by atoms with Gasteiger partial charge in [-0.15, -0.1) is 0 Å². The number of carbonyl (C=O) groups excluding carboxylic acids is 2. The second-order valence-corrected chi connectivity index (χ2v) is 5.35. The molecule has 21 heavy (non-hydrogen) atoms. The van der Waals surface area contributed by atoms with Gasteiger partial charge in [0.05, 0.1) is 6.61 Å². The second-order valence-electron chi connectivity index (χ2n) is 5.35. The summed E-state index contributed by atoms with van der Waals surface area (Å²) in [5.41, 5.74) is 0. The number of unbranched alkanes of at least 4 members (excludes halogenated alkanes) is 8. The quantitative estimate of drug-likeness (QED) is 0.369. The number of rotatable bonds is 15. The van der Waals surface area contributed by atoms with Crippen LogP contribution in [-0.4, -0.2) is 30.3 Å². The zero-order chi connectivity index (χ0) is 15.8. The van der Waals surface area contributed by atoms with E-state index in [0.717, 1.165) is 32.1 Å². The van der Waals surface area contributed by atoms with Gasteiger partial charge in [0.1, 0.15) is 0 Å². The highest BCUT2D eigenvalue weighted by Crippen LogP contribution is 2.09. The largest absolute Gasteiger partial charge is 0.550 e. The number of hydrogen-bond acceptors (Lipinski definition) is 5. The van der Waals surface area contributed by atoms with Crippen molar-refractivity contribution in [1.29, 1.82) is 0 Å². The van der Waals surface area contributed by atoms with E-state index in [1.807, 2.05) is 0 Å². The van der Waals surface area contributed by atoms with Crippen LogP contribution in [0.3, 0.4) is 0 Å². The monoisotopic (exact) mass is 301 g/mol. The molecule has 0 atom stereocenters. The highest BCUT2D eigenvalue weighted by molar-refractivity contribution is 5.69. The zero-order valence-electron chi connectivity index (χ0n) is 13.0. The molecule has 0 spiro atoms. The van der Waals surface area contributed by atoms with Crippen LogP contribution in [-0.2, 0) is 14.3 Å². The van der Waals surface area contributed by atoms with Crippen LogP contribution < -0.4 is 5.11 Å². The summed E-state index contributed by atoms with van der Waals surface area (Å²) < 4.78 is 5.08. The van der Waals surface area contributed by atoms with E-state index in [1.165, 1.54) is 19.3 Å². The van der Waals surface area contributed by atoms with Crippen LogP contribution in [0.15, 0.2) is 0 Å². The summed E-state index contributed by atoms with van der Waals surface area (Å²) in [5, 5.41) is 18.8. The first-order chi connectivity index (χ1) is 10.2. The fraction of sp³-hybridized carbons (Fsp3) is 0.875.